The van der Waals surface area contributed by atoms with Crippen LogP contribution in [0.25, 0.3) is 16.7 Å². The van der Waals surface area contributed by atoms with Gasteiger partial charge in [0.15, 0.2) is 5.65 Å². The van der Waals surface area contributed by atoms with Crippen LogP contribution in [0.5, 0.6) is 0 Å². The first-order valence-corrected chi connectivity index (χ1v) is 10.7. The van der Waals surface area contributed by atoms with Crippen LogP contribution in [0.1, 0.15) is 12.5 Å². The number of aromatic nitrogens is 4. The van der Waals surface area contributed by atoms with Gasteiger partial charge in [-0.2, -0.15) is 5.10 Å². The molecule has 8 nitrogen and oxygen atoms in total. The van der Waals surface area contributed by atoms with Crippen LogP contribution in [-0.2, 0) is 16.6 Å². The van der Waals surface area contributed by atoms with Crippen LogP contribution in [0.15, 0.2) is 66.0 Å². The maximum absolute atomic E-state index is 14.1. The maximum Gasteiger partial charge on any atom is 0.240 e. The summed E-state index contributed by atoms with van der Waals surface area (Å²) >= 11 is 0. The van der Waals surface area contributed by atoms with E-state index in [0.29, 0.717) is 35.6 Å². The Kier molecular flexibility index (Phi) is 5.42. The van der Waals surface area contributed by atoms with Gasteiger partial charge in [-0.25, -0.2) is 32.2 Å². The Morgan fingerprint density at radius 2 is 1.83 bits per heavy atom. The lowest BCUT2D eigenvalue weighted by molar-refractivity contribution is 0.584. The predicted octanol–water partition coefficient (Wildman–Crippen LogP) is 2.86. The van der Waals surface area contributed by atoms with Gasteiger partial charge in [0.25, 0.3) is 0 Å². The van der Waals surface area contributed by atoms with E-state index in [-0.39, 0.29) is 4.90 Å². The summed E-state index contributed by atoms with van der Waals surface area (Å²) in [7, 11) is -3.48. The second-order valence-corrected chi connectivity index (χ2v) is 8.23. The number of benzene rings is 2. The van der Waals surface area contributed by atoms with Gasteiger partial charge in [0.2, 0.25) is 10.0 Å². The molecule has 154 valence electrons. The van der Waals surface area contributed by atoms with Crippen molar-refractivity contribution in [1.29, 1.82) is 0 Å². The summed E-state index contributed by atoms with van der Waals surface area (Å²) in [4.78, 5) is 8.71. The standard InChI is InChI=1S/C20H19FN6O2S/c1-2-26-30(28,29)15-9-7-14(8-10-15)11-22-19-16-12-25-27(20(16)24-13-23-19)18-6-4-3-5-17(18)21/h3-10,12-13,26H,2,11H2,1H3,(H,22,23,24). The summed E-state index contributed by atoms with van der Waals surface area (Å²) in [6.45, 7) is 2.47. The number of nitrogens with one attached hydrogen (secondary N) is 2. The highest BCUT2D eigenvalue weighted by atomic mass is 32.2. The Labute approximate surface area is 172 Å². The Bertz CT molecular complexity index is 1290. The fourth-order valence-electron chi connectivity index (χ4n) is 3.03. The first-order valence-electron chi connectivity index (χ1n) is 9.25. The van der Waals surface area contributed by atoms with Crippen LogP contribution >= 0.6 is 0 Å². The van der Waals surface area contributed by atoms with Gasteiger partial charge in [-0.05, 0) is 29.8 Å². The van der Waals surface area contributed by atoms with Gasteiger partial charge in [-0.1, -0.05) is 31.2 Å². The van der Waals surface area contributed by atoms with E-state index in [1.54, 1.807) is 55.6 Å². The number of hydrogen-bond acceptors (Lipinski definition) is 6. The van der Waals surface area contributed by atoms with Crippen molar-refractivity contribution in [2.24, 2.45) is 0 Å². The summed E-state index contributed by atoms with van der Waals surface area (Å²) in [6.07, 6.45) is 2.96. The fourth-order valence-corrected chi connectivity index (χ4v) is 4.07. The lowest BCUT2D eigenvalue weighted by Gasteiger charge is -2.09. The third-order valence-electron chi connectivity index (χ3n) is 4.47. The van der Waals surface area contributed by atoms with Crippen molar-refractivity contribution >= 4 is 26.9 Å². The largest absolute Gasteiger partial charge is 0.365 e. The number of anilines is 1. The number of rotatable bonds is 7. The molecule has 2 aromatic heterocycles. The Morgan fingerprint density at radius 3 is 2.57 bits per heavy atom. The highest BCUT2D eigenvalue weighted by Gasteiger charge is 2.14. The predicted molar refractivity (Wildman–Crippen MR) is 111 cm³/mol. The van der Waals surface area contributed by atoms with Crippen molar-refractivity contribution in [3.05, 3.63) is 72.4 Å². The molecule has 0 aliphatic heterocycles. The normalized spacial score (nSPS) is 11.7. The SMILES string of the molecule is CCNS(=O)(=O)c1ccc(CNc2ncnc3c2cnn3-c2ccccc2F)cc1. The monoisotopic (exact) mass is 426 g/mol. The average Bonchev–Trinajstić information content (AvgIpc) is 3.17. The quantitative estimate of drug-likeness (QED) is 0.471. The summed E-state index contributed by atoms with van der Waals surface area (Å²) < 4.78 is 42.1. The molecule has 0 atom stereocenters. The van der Waals surface area contributed by atoms with Crippen LogP contribution in [0.3, 0.4) is 0 Å². The number of nitrogens with zero attached hydrogens (tertiary/aromatic N) is 4. The molecule has 0 saturated heterocycles. The topological polar surface area (TPSA) is 102 Å². The van der Waals surface area contributed by atoms with Crippen molar-refractivity contribution in [2.75, 3.05) is 11.9 Å². The Balaban J connectivity index is 1.56. The van der Waals surface area contributed by atoms with E-state index in [4.69, 9.17) is 0 Å². The van der Waals surface area contributed by atoms with E-state index in [0.717, 1.165) is 5.56 Å². The molecule has 0 radical (unpaired) electrons. The van der Waals surface area contributed by atoms with Gasteiger partial charge < -0.3 is 5.32 Å². The molecule has 10 heteroatoms. The molecular weight excluding hydrogens is 407 g/mol. The highest BCUT2D eigenvalue weighted by Crippen LogP contribution is 2.23. The fraction of sp³-hybridized carbons (Fsp3) is 0.150. The van der Waals surface area contributed by atoms with Gasteiger partial charge in [0.1, 0.15) is 23.6 Å². The van der Waals surface area contributed by atoms with E-state index in [9.17, 15) is 12.8 Å². The molecule has 0 saturated carbocycles. The van der Waals surface area contributed by atoms with Crippen molar-refractivity contribution in [2.45, 2.75) is 18.4 Å². The Morgan fingerprint density at radius 1 is 1.07 bits per heavy atom. The lowest BCUT2D eigenvalue weighted by Crippen LogP contribution is -2.23. The van der Waals surface area contributed by atoms with Crippen molar-refractivity contribution in [3.63, 3.8) is 0 Å². The molecule has 2 aromatic carbocycles. The molecule has 0 unspecified atom stereocenters. The van der Waals surface area contributed by atoms with Gasteiger partial charge in [0.05, 0.1) is 16.5 Å². The van der Waals surface area contributed by atoms with E-state index in [1.165, 1.54) is 17.1 Å². The molecule has 4 aromatic rings. The third kappa shape index (κ3) is 3.87. The average molecular weight is 426 g/mol. The van der Waals surface area contributed by atoms with Crippen LogP contribution in [0.4, 0.5) is 10.2 Å². The van der Waals surface area contributed by atoms with E-state index in [1.807, 2.05) is 0 Å². The molecule has 0 amide bonds. The molecule has 0 aliphatic carbocycles. The molecule has 2 heterocycles. The summed E-state index contributed by atoms with van der Waals surface area (Å²) in [6, 6.07) is 12.9. The molecular formula is C20H19FN6O2S. The van der Waals surface area contributed by atoms with Gasteiger partial charge in [-0.3, -0.25) is 0 Å². The molecule has 2 N–H and O–H groups in total. The van der Waals surface area contributed by atoms with Crippen molar-refractivity contribution in [3.8, 4) is 5.69 Å². The summed E-state index contributed by atoms with van der Waals surface area (Å²) in [5, 5.41) is 8.11. The lowest BCUT2D eigenvalue weighted by atomic mass is 10.2. The van der Waals surface area contributed by atoms with E-state index in [2.05, 4.69) is 25.1 Å². The second-order valence-electron chi connectivity index (χ2n) is 6.47. The highest BCUT2D eigenvalue weighted by molar-refractivity contribution is 7.89. The first-order chi connectivity index (χ1) is 14.5. The smallest absolute Gasteiger partial charge is 0.240 e. The van der Waals surface area contributed by atoms with Gasteiger partial charge >= 0.3 is 0 Å². The van der Waals surface area contributed by atoms with Crippen LogP contribution in [0, 0.1) is 5.82 Å². The number of para-hydroxylation sites is 1. The minimum atomic E-state index is -3.48. The number of fused-ring (bicyclic) bond motifs is 1. The zero-order chi connectivity index (χ0) is 21.1. The first kappa shape index (κ1) is 19.9. The Hall–Kier alpha value is -3.37. The van der Waals surface area contributed by atoms with Crippen LogP contribution in [0.2, 0.25) is 0 Å². The second kappa shape index (κ2) is 8.17. The van der Waals surface area contributed by atoms with Gasteiger partial charge in [0, 0.05) is 13.1 Å². The molecule has 4 rings (SSSR count). The third-order valence-corrected chi connectivity index (χ3v) is 6.04. The van der Waals surface area contributed by atoms with E-state index >= 15 is 0 Å². The number of halogens is 1. The summed E-state index contributed by atoms with van der Waals surface area (Å²) in [5.41, 5.74) is 1.65. The van der Waals surface area contributed by atoms with Crippen LogP contribution < -0.4 is 10.0 Å². The zero-order valence-corrected chi connectivity index (χ0v) is 16.9. The number of sulfonamides is 1. The minimum absolute atomic E-state index is 0.212. The zero-order valence-electron chi connectivity index (χ0n) is 16.1. The van der Waals surface area contributed by atoms with Crippen molar-refractivity contribution in [1.82, 2.24) is 24.5 Å². The molecule has 0 aliphatic rings. The maximum atomic E-state index is 14.1. The van der Waals surface area contributed by atoms with Crippen molar-refractivity contribution < 1.29 is 12.8 Å². The molecule has 0 fully saturated rings. The molecule has 30 heavy (non-hydrogen) atoms. The summed E-state index contributed by atoms with van der Waals surface area (Å²) in [5.74, 6) is 0.148. The van der Waals surface area contributed by atoms with Crippen LogP contribution in [-0.4, -0.2) is 34.7 Å². The minimum Gasteiger partial charge on any atom is -0.365 e. The van der Waals surface area contributed by atoms with E-state index < -0.39 is 15.8 Å². The molecule has 0 spiro atoms. The number of hydrogen-bond donors (Lipinski definition) is 2. The molecule has 0 bridgehead atoms. The van der Waals surface area contributed by atoms with Gasteiger partial charge in [-0.15, -0.1) is 0 Å².